The van der Waals surface area contributed by atoms with E-state index in [1.54, 1.807) is 11.8 Å². The molecule has 0 spiro atoms. The zero-order chi connectivity index (χ0) is 14.9. The summed E-state index contributed by atoms with van der Waals surface area (Å²) in [6.45, 7) is 8.70. The summed E-state index contributed by atoms with van der Waals surface area (Å²) in [6, 6.07) is 0.0237. The van der Waals surface area contributed by atoms with Gasteiger partial charge in [0.15, 0.2) is 0 Å². The van der Waals surface area contributed by atoms with Gasteiger partial charge in [0.25, 0.3) is 0 Å². The first kappa shape index (κ1) is 15.1. The molecule has 2 rings (SSSR count). The number of likely N-dealkylation sites (tertiary alicyclic amines) is 2. The summed E-state index contributed by atoms with van der Waals surface area (Å²) in [7, 11) is 0. The Labute approximate surface area is 120 Å². The highest BCUT2D eigenvalue weighted by atomic mass is 16.4. The van der Waals surface area contributed by atoms with Crippen LogP contribution in [0.25, 0.3) is 0 Å². The number of aliphatic carboxylic acids is 1. The Morgan fingerprint density at radius 1 is 1.15 bits per heavy atom. The monoisotopic (exact) mass is 282 g/mol. The van der Waals surface area contributed by atoms with Gasteiger partial charge in [-0.05, 0) is 38.0 Å². The van der Waals surface area contributed by atoms with E-state index in [2.05, 4.69) is 13.8 Å². The number of amides is 2. The van der Waals surface area contributed by atoms with Gasteiger partial charge in [-0.1, -0.05) is 13.8 Å². The molecule has 2 saturated heterocycles. The molecule has 0 aromatic carbocycles. The minimum atomic E-state index is -0.796. The molecule has 2 aliphatic heterocycles. The van der Waals surface area contributed by atoms with Crippen molar-refractivity contribution in [3.63, 3.8) is 0 Å². The van der Waals surface area contributed by atoms with Gasteiger partial charge in [-0.15, -0.1) is 0 Å². The molecule has 5 heteroatoms. The summed E-state index contributed by atoms with van der Waals surface area (Å²) in [5.74, 6) is 0.257. The summed E-state index contributed by atoms with van der Waals surface area (Å²) >= 11 is 0. The van der Waals surface area contributed by atoms with E-state index < -0.39 is 11.4 Å². The first-order valence-electron chi connectivity index (χ1n) is 7.59. The Morgan fingerprint density at radius 2 is 1.75 bits per heavy atom. The second kappa shape index (κ2) is 5.62. The number of hydrogen-bond acceptors (Lipinski definition) is 2. The fourth-order valence-electron chi connectivity index (χ4n) is 3.60. The predicted octanol–water partition coefficient (Wildman–Crippen LogP) is 2.27. The highest BCUT2D eigenvalue weighted by Crippen LogP contribution is 2.31. The number of carboxylic acids is 1. The molecule has 1 N–H and O–H groups in total. The molecule has 2 amide bonds. The van der Waals surface area contributed by atoms with Crippen LogP contribution in [0.3, 0.4) is 0 Å². The molecule has 0 aromatic heterocycles. The lowest BCUT2D eigenvalue weighted by molar-refractivity contribution is -0.150. The van der Waals surface area contributed by atoms with Crippen LogP contribution in [0, 0.1) is 17.3 Å². The van der Waals surface area contributed by atoms with E-state index in [0.717, 1.165) is 25.9 Å². The maximum Gasteiger partial charge on any atom is 0.320 e. The van der Waals surface area contributed by atoms with Crippen molar-refractivity contribution in [3.8, 4) is 0 Å². The number of carbonyl (C=O) groups is 2. The first-order valence-corrected chi connectivity index (χ1v) is 7.59. The Kier molecular flexibility index (Phi) is 4.25. The van der Waals surface area contributed by atoms with Gasteiger partial charge < -0.3 is 14.9 Å². The lowest BCUT2D eigenvalue weighted by Gasteiger charge is -2.42. The van der Waals surface area contributed by atoms with E-state index >= 15 is 0 Å². The number of rotatable bonds is 1. The largest absolute Gasteiger partial charge is 0.481 e. The van der Waals surface area contributed by atoms with Gasteiger partial charge in [-0.3, -0.25) is 4.79 Å². The predicted molar refractivity (Wildman–Crippen MR) is 76.5 cm³/mol. The van der Waals surface area contributed by atoms with Gasteiger partial charge in [0, 0.05) is 26.2 Å². The molecule has 3 unspecified atom stereocenters. The molecular weight excluding hydrogens is 256 g/mol. The molecule has 20 heavy (non-hydrogen) atoms. The summed E-state index contributed by atoms with van der Waals surface area (Å²) < 4.78 is 0. The summed E-state index contributed by atoms with van der Waals surface area (Å²) in [5.41, 5.74) is -0.791. The zero-order valence-corrected chi connectivity index (χ0v) is 12.8. The lowest BCUT2D eigenvalue weighted by Crippen LogP contribution is -2.55. The number of piperidine rings is 2. The van der Waals surface area contributed by atoms with Crippen LogP contribution in [0.2, 0.25) is 0 Å². The number of nitrogens with zero attached hydrogens (tertiary/aromatic N) is 2. The van der Waals surface area contributed by atoms with Crippen LogP contribution >= 0.6 is 0 Å². The van der Waals surface area contributed by atoms with E-state index in [1.807, 2.05) is 4.90 Å². The standard InChI is InChI=1S/C15H26N2O3/c1-11-7-12(2)9-17(8-11)14(20)16-6-4-5-15(3,10-16)13(18)19/h11-12H,4-10H2,1-3H3,(H,18,19). The Morgan fingerprint density at radius 3 is 2.30 bits per heavy atom. The molecule has 0 saturated carbocycles. The number of carbonyl (C=O) groups excluding carboxylic acids is 1. The van der Waals surface area contributed by atoms with E-state index in [-0.39, 0.29) is 6.03 Å². The molecule has 2 fully saturated rings. The maximum absolute atomic E-state index is 12.6. The minimum Gasteiger partial charge on any atom is -0.481 e. The molecule has 0 bridgehead atoms. The Balaban J connectivity index is 2.03. The second-order valence-electron chi connectivity index (χ2n) is 7.02. The van der Waals surface area contributed by atoms with Crippen LogP contribution in [0.4, 0.5) is 4.79 Å². The normalized spacial score (nSPS) is 35.0. The maximum atomic E-state index is 12.6. The molecule has 2 aliphatic rings. The topological polar surface area (TPSA) is 60.9 Å². The minimum absolute atomic E-state index is 0.0237. The lowest BCUT2D eigenvalue weighted by atomic mass is 9.82. The van der Waals surface area contributed by atoms with Crippen LogP contribution in [0.15, 0.2) is 0 Å². The van der Waals surface area contributed by atoms with Crippen molar-refractivity contribution in [2.24, 2.45) is 17.3 Å². The molecule has 114 valence electrons. The van der Waals surface area contributed by atoms with Crippen LogP contribution in [-0.4, -0.2) is 53.1 Å². The third-order valence-corrected chi connectivity index (χ3v) is 4.62. The van der Waals surface area contributed by atoms with Gasteiger partial charge in [0.2, 0.25) is 0 Å². The average molecular weight is 282 g/mol. The smallest absolute Gasteiger partial charge is 0.320 e. The van der Waals surface area contributed by atoms with Crippen LogP contribution in [-0.2, 0) is 4.79 Å². The SMILES string of the molecule is CC1CC(C)CN(C(=O)N2CCCC(C)(C(=O)O)C2)C1. The molecule has 5 nitrogen and oxygen atoms in total. The van der Waals surface area contributed by atoms with Crippen molar-refractivity contribution >= 4 is 12.0 Å². The fraction of sp³-hybridized carbons (Fsp3) is 0.867. The van der Waals surface area contributed by atoms with Crippen LogP contribution in [0.5, 0.6) is 0 Å². The van der Waals surface area contributed by atoms with E-state index in [4.69, 9.17) is 0 Å². The van der Waals surface area contributed by atoms with Gasteiger partial charge in [0.05, 0.1) is 5.41 Å². The van der Waals surface area contributed by atoms with Crippen molar-refractivity contribution in [1.82, 2.24) is 9.80 Å². The average Bonchev–Trinajstić information content (AvgIpc) is 2.36. The zero-order valence-electron chi connectivity index (χ0n) is 12.8. The highest BCUT2D eigenvalue weighted by molar-refractivity contribution is 5.78. The van der Waals surface area contributed by atoms with Gasteiger partial charge in [0.1, 0.15) is 0 Å². The molecule has 0 radical (unpaired) electrons. The number of urea groups is 1. The van der Waals surface area contributed by atoms with Crippen molar-refractivity contribution in [1.29, 1.82) is 0 Å². The van der Waals surface area contributed by atoms with Crippen molar-refractivity contribution in [2.45, 2.75) is 40.0 Å². The summed E-state index contributed by atoms with van der Waals surface area (Å²) in [6.07, 6.45) is 2.59. The van der Waals surface area contributed by atoms with Crippen LogP contribution < -0.4 is 0 Å². The summed E-state index contributed by atoms with van der Waals surface area (Å²) in [5, 5.41) is 9.34. The quantitative estimate of drug-likeness (QED) is 0.802. The summed E-state index contributed by atoms with van der Waals surface area (Å²) in [4.78, 5) is 27.6. The van der Waals surface area contributed by atoms with Gasteiger partial charge >= 0.3 is 12.0 Å². The molecule has 0 aromatic rings. The third-order valence-electron chi connectivity index (χ3n) is 4.62. The molecular formula is C15H26N2O3. The second-order valence-corrected chi connectivity index (χ2v) is 7.02. The van der Waals surface area contributed by atoms with Crippen molar-refractivity contribution in [3.05, 3.63) is 0 Å². The molecule has 0 aliphatic carbocycles. The highest BCUT2D eigenvalue weighted by Gasteiger charge is 2.40. The number of hydrogen-bond donors (Lipinski definition) is 1. The number of carboxylic acid groups (broad SMARTS) is 1. The van der Waals surface area contributed by atoms with E-state index in [1.165, 1.54) is 0 Å². The van der Waals surface area contributed by atoms with Crippen LogP contribution in [0.1, 0.15) is 40.0 Å². The molecule has 3 atom stereocenters. The van der Waals surface area contributed by atoms with Gasteiger partial charge in [-0.25, -0.2) is 4.79 Å². The third kappa shape index (κ3) is 3.07. The van der Waals surface area contributed by atoms with Gasteiger partial charge in [-0.2, -0.15) is 0 Å². The Bertz CT molecular complexity index is 389. The van der Waals surface area contributed by atoms with Crippen molar-refractivity contribution < 1.29 is 14.7 Å². The molecule has 2 heterocycles. The first-order chi connectivity index (χ1) is 9.32. The van der Waals surface area contributed by atoms with Crippen molar-refractivity contribution in [2.75, 3.05) is 26.2 Å². The van der Waals surface area contributed by atoms with E-state index in [0.29, 0.717) is 31.3 Å². The van der Waals surface area contributed by atoms with E-state index in [9.17, 15) is 14.7 Å². The fourth-order valence-corrected chi connectivity index (χ4v) is 3.60. The Hall–Kier alpha value is -1.26.